The summed E-state index contributed by atoms with van der Waals surface area (Å²) in [5.74, 6) is 5.53. The average molecular weight is 271 g/mol. The second-order valence-electron chi connectivity index (χ2n) is 3.61. The first-order chi connectivity index (χ1) is 8.67. The molecule has 0 aliphatic rings. The van der Waals surface area contributed by atoms with Crippen molar-refractivity contribution in [3.8, 4) is 5.75 Å². The largest absolute Gasteiger partial charge is 0.494 e. The van der Waals surface area contributed by atoms with Gasteiger partial charge >= 0.3 is 0 Å². The molecule has 1 aromatic heterocycles. The van der Waals surface area contributed by atoms with Crippen molar-refractivity contribution in [1.29, 1.82) is 0 Å². The van der Waals surface area contributed by atoms with Crippen LogP contribution in [0.4, 0.5) is 4.39 Å². The number of rotatable bonds is 4. The highest BCUT2D eigenvalue weighted by atomic mass is 35.5. The summed E-state index contributed by atoms with van der Waals surface area (Å²) in [4.78, 5) is 0. The van der Waals surface area contributed by atoms with Crippen LogP contribution in [0.1, 0.15) is 17.4 Å². The molecule has 1 unspecified atom stereocenters. The summed E-state index contributed by atoms with van der Waals surface area (Å²) in [6.45, 7) is 0. The molecule has 0 saturated carbocycles. The van der Waals surface area contributed by atoms with Gasteiger partial charge in [-0.25, -0.2) is 9.82 Å². The van der Waals surface area contributed by atoms with Crippen LogP contribution in [0.5, 0.6) is 5.75 Å². The van der Waals surface area contributed by atoms with Crippen molar-refractivity contribution in [3.63, 3.8) is 0 Å². The number of methoxy groups -OCH3 is 1. The molecular formula is C12H12ClFN2O2. The molecule has 1 atom stereocenters. The van der Waals surface area contributed by atoms with Crippen molar-refractivity contribution in [3.05, 3.63) is 52.7 Å². The molecule has 0 amide bonds. The van der Waals surface area contributed by atoms with Crippen LogP contribution in [-0.4, -0.2) is 7.11 Å². The Bertz CT molecular complexity index is 545. The Labute approximate surface area is 108 Å². The third kappa shape index (κ3) is 2.33. The van der Waals surface area contributed by atoms with E-state index in [0.717, 1.165) is 0 Å². The number of hydrazine groups is 1. The average Bonchev–Trinajstić information content (AvgIpc) is 2.79. The molecule has 0 radical (unpaired) electrons. The van der Waals surface area contributed by atoms with Gasteiger partial charge in [0.1, 0.15) is 11.8 Å². The Balaban J connectivity index is 2.45. The zero-order valence-corrected chi connectivity index (χ0v) is 10.4. The van der Waals surface area contributed by atoms with Gasteiger partial charge in [0.2, 0.25) is 0 Å². The Morgan fingerprint density at radius 1 is 1.39 bits per heavy atom. The Morgan fingerprint density at radius 2 is 2.17 bits per heavy atom. The van der Waals surface area contributed by atoms with Gasteiger partial charge in [-0.05, 0) is 29.8 Å². The van der Waals surface area contributed by atoms with E-state index in [2.05, 4.69) is 5.43 Å². The predicted octanol–water partition coefficient (Wildman–Crippen LogP) is 2.63. The number of hydrogen-bond acceptors (Lipinski definition) is 4. The first kappa shape index (κ1) is 12.9. The second-order valence-corrected chi connectivity index (χ2v) is 3.98. The Kier molecular flexibility index (Phi) is 3.86. The molecular weight excluding hydrogens is 259 g/mol. The molecule has 2 aromatic rings. The minimum absolute atomic E-state index is 0.144. The molecule has 96 valence electrons. The molecule has 4 nitrogen and oxygen atoms in total. The molecule has 0 aliphatic carbocycles. The predicted molar refractivity (Wildman–Crippen MR) is 65.8 cm³/mol. The zero-order valence-electron chi connectivity index (χ0n) is 9.61. The summed E-state index contributed by atoms with van der Waals surface area (Å²) in [5, 5.41) is 0.216. The maximum atomic E-state index is 14.1. The number of nitrogens with two attached hydrogens (primary N) is 1. The fraction of sp³-hybridized carbons (Fsp3) is 0.167. The van der Waals surface area contributed by atoms with E-state index in [9.17, 15) is 4.39 Å². The van der Waals surface area contributed by atoms with E-state index in [1.807, 2.05) is 0 Å². The van der Waals surface area contributed by atoms with Crippen molar-refractivity contribution in [1.82, 2.24) is 5.43 Å². The normalized spacial score (nSPS) is 12.4. The van der Waals surface area contributed by atoms with E-state index in [1.54, 1.807) is 24.3 Å². The maximum absolute atomic E-state index is 14.1. The van der Waals surface area contributed by atoms with Crippen molar-refractivity contribution >= 4 is 11.6 Å². The lowest BCUT2D eigenvalue weighted by molar-refractivity contribution is 0.377. The number of ether oxygens (including phenoxy) is 1. The summed E-state index contributed by atoms with van der Waals surface area (Å²) in [7, 11) is 1.40. The minimum Gasteiger partial charge on any atom is -0.494 e. The highest BCUT2D eigenvalue weighted by Crippen LogP contribution is 2.30. The van der Waals surface area contributed by atoms with Gasteiger partial charge in [0.15, 0.2) is 16.8 Å². The van der Waals surface area contributed by atoms with E-state index < -0.39 is 11.9 Å². The van der Waals surface area contributed by atoms with Gasteiger partial charge in [0.05, 0.1) is 7.11 Å². The topological polar surface area (TPSA) is 60.4 Å². The monoisotopic (exact) mass is 270 g/mol. The number of halogens is 2. The molecule has 0 aliphatic heterocycles. The third-order valence-corrected chi connectivity index (χ3v) is 2.77. The van der Waals surface area contributed by atoms with Crippen molar-refractivity contribution in [2.75, 3.05) is 7.11 Å². The minimum atomic E-state index is -0.632. The van der Waals surface area contributed by atoms with Gasteiger partial charge < -0.3 is 9.15 Å². The van der Waals surface area contributed by atoms with Crippen LogP contribution in [0, 0.1) is 5.82 Å². The van der Waals surface area contributed by atoms with Crippen LogP contribution < -0.4 is 16.0 Å². The molecule has 0 spiro atoms. The van der Waals surface area contributed by atoms with E-state index in [0.29, 0.717) is 11.3 Å². The van der Waals surface area contributed by atoms with Crippen molar-refractivity contribution in [2.24, 2.45) is 5.84 Å². The summed E-state index contributed by atoms with van der Waals surface area (Å²) in [6, 6.07) is 7.37. The van der Waals surface area contributed by atoms with E-state index >= 15 is 0 Å². The number of nitrogens with one attached hydrogen (secondary N) is 1. The van der Waals surface area contributed by atoms with Crippen LogP contribution in [0.3, 0.4) is 0 Å². The van der Waals surface area contributed by atoms with Gasteiger partial charge in [-0.15, -0.1) is 0 Å². The maximum Gasteiger partial charge on any atom is 0.193 e. The van der Waals surface area contributed by atoms with Crippen LogP contribution in [0.15, 0.2) is 34.7 Å². The van der Waals surface area contributed by atoms with Gasteiger partial charge in [-0.3, -0.25) is 5.84 Å². The van der Waals surface area contributed by atoms with Crippen LogP contribution >= 0.6 is 11.6 Å². The number of benzene rings is 1. The Hall–Kier alpha value is -1.56. The van der Waals surface area contributed by atoms with Crippen molar-refractivity contribution in [2.45, 2.75) is 6.04 Å². The quantitative estimate of drug-likeness (QED) is 0.662. The highest BCUT2D eigenvalue weighted by molar-refractivity contribution is 6.28. The van der Waals surface area contributed by atoms with Crippen LogP contribution in [0.25, 0.3) is 0 Å². The molecule has 0 saturated heterocycles. The zero-order chi connectivity index (χ0) is 13.1. The lowest BCUT2D eigenvalue weighted by Crippen LogP contribution is -2.29. The first-order valence-electron chi connectivity index (χ1n) is 5.21. The smallest absolute Gasteiger partial charge is 0.193 e. The van der Waals surface area contributed by atoms with Crippen LogP contribution in [-0.2, 0) is 0 Å². The summed E-state index contributed by atoms with van der Waals surface area (Å²) in [6.07, 6.45) is 0. The molecule has 0 fully saturated rings. The van der Waals surface area contributed by atoms with Gasteiger partial charge in [-0.1, -0.05) is 12.1 Å². The first-order valence-corrected chi connectivity index (χ1v) is 5.59. The SMILES string of the molecule is COc1cccc(C(NN)c2ccc(Cl)o2)c1F. The fourth-order valence-corrected chi connectivity index (χ4v) is 1.87. The lowest BCUT2D eigenvalue weighted by atomic mass is 10.0. The molecule has 1 aromatic carbocycles. The van der Waals surface area contributed by atoms with E-state index in [1.165, 1.54) is 13.2 Å². The fourth-order valence-electron chi connectivity index (χ4n) is 1.72. The molecule has 3 N–H and O–H groups in total. The molecule has 1 heterocycles. The molecule has 2 rings (SSSR count). The standard InChI is InChI=1S/C12H12ClFN2O2/c1-17-8-4-2-3-7(11(8)14)12(16-15)9-5-6-10(13)18-9/h2-6,12,16H,15H2,1H3. The van der Waals surface area contributed by atoms with Gasteiger partial charge in [-0.2, -0.15) is 0 Å². The Morgan fingerprint density at radius 3 is 2.72 bits per heavy atom. The number of furan rings is 1. The van der Waals surface area contributed by atoms with E-state index in [4.69, 9.17) is 26.6 Å². The second kappa shape index (κ2) is 5.39. The van der Waals surface area contributed by atoms with Gasteiger partial charge in [0.25, 0.3) is 0 Å². The van der Waals surface area contributed by atoms with Crippen molar-refractivity contribution < 1.29 is 13.5 Å². The third-order valence-electron chi connectivity index (χ3n) is 2.57. The van der Waals surface area contributed by atoms with Crippen LogP contribution in [0.2, 0.25) is 5.22 Å². The highest BCUT2D eigenvalue weighted by Gasteiger charge is 2.21. The summed E-state index contributed by atoms with van der Waals surface area (Å²) in [5.41, 5.74) is 2.81. The summed E-state index contributed by atoms with van der Waals surface area (Å²) >= 11 is 5.69. The van der Waals surface area contributed by atoms with Gasteiger partial charge in [0, 0.05) is 5.56 Å². The van der Waals surface area contributed by atoms with E-state index in [-0.39, 0.29) is 11.0 Å². The lowest BCUT2D eigenvalue weighted by Gasteiger charge is -2.15. The summed E-state index contributed by atoms with van der Waals surface area (Å²) < 4.78 is 24.3. The molecule has 18 heavy (non-hydrogen) atoms. The molecule has 6 heteroatoms. The number of hydrogen-bond donors (Lipinski definition) is 2. The molecule has 0 bridgehead atoms.